The first-order valence-electron chi connectivity index (χ1n) is 6.35. The molecule has 1 aromatic rings. The van der Waals surface area contributed by atoms with Crippen LogP contribution in [0.2, 0.25) is 0 Å². The van der Waals surface area contributed by atoms with E-state index in [9.17, 15) is 9.90 Å². The molecule has 0 spiro atoms. The van der Waals surface area contributed by atoms with Crippen LogP contribution in [0.25, 0.3) is 0 Å². The predicted molar refractivity (Wildman–Crippen MR) is 67.5 cm³/mol. The minimum absolute atomic E-state index is 0.171. The van der Waals surface area contributed by atoms with Gasteiger partial charge in [0.15, 0.2) is 0 Å². The lowest BCUT2D eigenvalue weighted by Crippen LogP contribution is -2.27. The minimum atomic E-state index is -0.782. The molecule has 2 atom stereocenters. The second-order valence-electron chi connectivity index (χ2n) is 4.65. The maximum atomic E-state index is 11.3. The zero-order chi connectivity index (χ0) is 13.8. The quantitative estimate of drug-likeness (QED) is 0.895. The van der Waals surface area contributed by atoms with Crippen molar-refractivity contribution >= 4 is 5.97 Å². The minimum Gasteiger partial charge on any atom is -0.481 e. The highest BCUT2D eigenvalue weighted by Gasteiger charge is 2.34. The van der Waals surface area contributed by atoms with E-state index in [1.807, 2.05) is 0 Å². The van der Waals surface area contributed by atoms with E-state index < -0.39 is 11.9 Å². The van der Waals surface area contributed by atoms with Crippen molar-refractivity contribution in [2.45, 2.75) is 31.6 Å². The Kier molecular flexibility index (Phi) is 4.19. The van der Waals surface area contributed by atoms with Gasteiger partial charge in [0.2, 0.25) is 11.8 Å². The van der Waals surface area contributed by atoms with E-state index in [0.29, 0.717) is 24.0 Å². The molecule has 2 rings (SSSR count). The molecule has 19 heavy (non-hydrogen) atoms. The third-order valence-electron chi connectivity index (χ3n) is 3.53. The first-order chi connectivity index (χ1) is 9.15. The van der Waals surface area contributed by atoms with E-state index in [0.717, 1.165) is 19.3 Å². The fraction of sp³-hybridized carbons (Fsp3) is 0.615. The second-order valence-corrected chi connectivity index (χ2v) is 4.65. The van der Waals surface area contributed by atoms with E-state index in [1.165, 1.54) is 14.2 Å². The molecule has 1 aliphatic rings. The second kappa shape index (κ2) is 5.86. The third kappa shape index (κ3) is 2.94. The Labute approximate surface area is 111 Å². The molecule has 0 aromatic carbocycles. The molecule has 0 saturated heterocycles. The molecule has 1 aromatic heterocycles. The number of carboxylic acid groups (broad SMARTS) is 1. The summed E-state index contributed by atoms with van der Waals surface area (Å²) in [5.74, 6) is -0.0766. The molecule has 1 heterocycles. The van der Waals surface area contributed by atoms with E-state index in [4.69, 9.17) is 9.47 Å². The van der Waals surface area contributed by atoms with Crippen molar-refractivity contribution < 1.29 is 19.4 Å². The Hall–Kier alpha value is -1.85. The number of carbonyl (C=O) groups is 1. The number of hydrogen-bond acceptors (Lipinski definition) is 5. The summed E-state index contributed by atoms with van der Waals surface area (Å²) in [6, 6.07) is 1.59. The average molecular weight is 266 g/mol. The number of nitrogens with zero attached hydrogens (tertiary/aromatic N) is 2. The van der Waals surface area contributed by atoms with Crippen LogP contribution < -0.4 is 9.47 Å². The monoisotopic (exact) mass is 266 g/mol. The van der Waals surface area contributed by atoms with Gasteiger partial charge in [-0.15, -0.1) is 0 Å². The largest absolute Gasteiger partial charge is 0.481 e. The van der Waals surface area contributed by atoms with Gasteiger partial charge in [-0.2, -0.15) is 9.97 Å². The van der Waals surface area contributed by atoms with Gasteiger partial charge >= 0.3 is 5.97 Å². The van der Waals surface area contributed by atoms with Crippen LogP contribution >= 0.6 is 0 Å². The summed E-state index contributed by atoms with van der Waals surface area (Å²) in [7, 11) is 3.03. The molecular formula is C13H18N2O4. The van der Waals surface area contributed by atoms with Crippen LogP contribution in [0.5, 0.6) is 11.8 Å². The van der Waals surface area contributed by atoms with E-state index in [-0.39, 0.29) is 5.92 Å². The molecule has 0 amide bonds. The Morgan fingerprint density at radius 2 is 1.79 bits per heavy atom. The van der Waals surface area contributed by atoms with Crippen LogP contribution in [0.1, 0.15) is 37.4 Å². The van der Waals surface area contributed by atoms with Crippen LogP contribution in [0.3, 0.4) is 0 Å². The first-order valence-corrected chi connectivity index (χ1v) is 6.35. The summed E-state index contributed by atoms with van der Waals surface area (Å²) >= 11 is 0. The van der Waals surface area contributed by atoms with Crippen LogP contribution in [0, 0.1) is 5.92 Å². The third-order valence-corrected chi connectivity index (χ3v) is 3.53. The fourth-order valence-electron chi connectivity index (χ4n) is 2.53. The van der Waals surface area contributed by atoms with Gasteiger partial charge < -0.3 is 14.6 Å². The Morgan fingerprint density at radius 3 is 2.32 bits per heavy atom. The molecule has 0 bridgehead atoms. The number of aromatic nitrogens is 2. The molecule has 0 aliphatic heterocycles. The Bertz CT molecular complexity index is 442. The maximum Gasteiger partial charge on any atom is 0.307 e. The van der Waals surface area contributed by atoms with E-state index in [2.05, 4.69) is 9.97 Å². The molecule has 1 fully saturated rings. The number of rotatable bonds is 4. The van der Waals surface area contributed by atoms with Gasteiger partial charge in [-0.25, -0.2) is 0 Å². The summed E-state index contributed by atoms with van der Waals surface area (Å²) in [6.07, 6.45) is 3.39. The number of methoxy groups -OCH3 is 2. The van der Waals surface area contributed by atoms with Crippen molar-refractivity contribution in [3.63, 3.8) is 0 Å². The highest BCUT2D eigenvalue weighted by atomic mass is 16.5. The molecule has 0 radical (unpaired) electrons. The van der Waals surface area contributed by atoms with Crippen LogP contribution in [-0.2, 0) is 4.79 Å². The Balaban J connectivity index is 2.35. The number of carboxylic acids is 1. The summed E-state index contributed by atoms with van der Waals surface area (Å²) in [4.78, 5) is 19.9. The molecule has 1 aliphatic carbocycles. The number of aliphatic carboxylic acids is 1. The van der Waals surface area contributed by atoms with Crippen molar-refractivity contribution in [1.29, 1.82) is 0 Å². The van der Waals surface area contributed by atoms with Crippen LogP contribution in [-0.4, -0.2) is 35.3 Å². The molecule has 6 nitrogen and oxygen atoms in total. The molecule has 104 valence electrons. The summed E-state index contributed by atoms with van der Waals surface area (Å²) in [5.41, 5.74) is 0. The Morgan fingerprint density at radius 1 is 1.21 bits per heavy atom. The molecular weight excluding hydrogens is 248 g/mol. The van der Waals surface area contributed by atoms with Gasteiger partial charge in [0.05, 0.1) is 26.2 Å². The van der Waals surface area contributed by atoms with Crippen molar-refractivity contribution in [2.24, 2.45) is 5.92 Å². The van der Waals surface area contributed by atoms with Gasteiger partial charge in [0.1, 0.15) is 5.82 Å². The van der Waals surface area contributed by atoms with Crippen molar-refractivity contribution in [3.8, 4) is 11.8 Å². The summed E-state index contributed by atoms with van der Waals surface area (Å²) in [5, 5.41) is 9.30. The molecule has 0 unspecified atom stereocenters. The van der Waals surface area contributed by atoms with Gasteiger partial charge in [-0.3, -0.25) is 4.79 Å². The van der Waals surface area contributed by atoms with Crippen molar-refractivity contribution in [2.75, 3.05) is 14.2 Å². The molecule has 6 heteroatoms. The SMILES string of the molecule is COc1cc(OC)nc([C@H]2CCCC[C@@H]2C(=O)O)n1. The standard InChI is InChI=1S/C13H18N2O4/c1-18-10-7-11(19-2)15-12(14-10)8-5-3-4-6-9(8)13(16)17/h7-9H,3-6H2,1-2H3,(H,16,17)/t8-,9-/m0/s1. The lowest BCUT2D eigenvalue weighted by molar-refractivity contribution is -0.143. The average Bonchev–Trinajstić information content (AvgIpc) is 2.46. The van der Waals surface area contributed by atoms with Crippen molar-refractivity contribution in [1.82, 2.24) is 9.97 Å². The number of hydrogen-bond donors (Lipinski definition) is 1. The summed E-state index contributed by atoms with van der Waals surface area (Å²) in [6.45, 7) is 0. The topological polar surface area (TPSA) is 81.5 Å². The molecule has 1 saturated carbocycles. The molecule has 1 N–H and O–H groups in total. The zero-order valence-electron chi connectivity index (χ0n) is 11.1. The predicted octanol–water partition coefficient (Wildman–Crippen LogP) is 1.85. The van der Waals surface area contributed by atoms with Gasteiger partial charge in [0.25, 0.3) is 0 Å². The zero-order valence-corrected chi connectivity index (χ0v) is 11.1. The van der Waals surface area contributed by atoms with Gasteiger partial charge in [-0.1, -0.05) is 12.8 Å². The highest BCUT2D eigenvalue weighted by molar-refractivity contribution is 5.71. The number of ether oxygens (including phenoxy) is 2. The highest BCUT2D eigenvalue weighted by Crippen LogP contribution is 2.37. The first kappa shape index (κ1) is 13.6. The summed E-state index contributed by atoms with van der Waals surface area (Å²) < 4.78 is 10.2. The van der Waals surface area contributed by atoms with Gasteiger partial charge in [-0.05, 0) is 12.8 Å². The van der Waals surface area contributed by atoms with Gasteiger partial charge in [0, 0.05) is 5.92 Å². The van der Waals surface area contributed by atoms with Crippen LogP contribution in [0.4, 0.5) is 0 Å². The smallest absolute Gasteiger partial charge is 0.307 e. The van der Waals surface area contributed by atoms with Crippen LogP contribution in [0.15, 0.2) is 6.07 Å². The van der Waals surface area contributed by atoms with Crippen molar-refractivity contribution in [3.05, 3.63) is 11.9 Å². The lowest BCUT2D eigenvalue weighted by Gasteiger charge is -2.27. The lowest BCUT2D eigenvalue weighted by atomic mass is 9.79. The van der Waals surface area contributed by atoms with E-state index in [1.54, 1.807) is 6.07 Å². The van der Waals surface area contributed by atoms with E-state index >= 15 is 0 Å². The fourth-order valence-corrected chi connectivity index (χ4v) is 2.53. The normalized spacial score (nSPS) is 22.8. The maximum absolute atomic E-state index is 11.3.